The molecule has 2 atom stereocenters. The maximum atomic E-state index is 11.4. The third kappa shape index (κ3) is 6.94. The molecular formula is C24H39N5O2. The summed E-state index contributed by atoms with van der Waals surface area (Å²) in [6.45, 7) is 9.15. The van der Waals surface area contributed by atoms with E-state index in [0.29, 0.717) is 18.9 Å². The monoisotopic (exact) mass is 429 g/mol. The van der Waals surface area contributed by atoms with Crippen molar-refractivity contribution in [3.8, 4) is 0 Å². The van der Waals surface area contributed by atoms with Crippen LogP contribution in [0.5, 0.6) is 0 Å². The van der Waals surface area contributed by atoms with Crippen LogP contribution in [0.2, 0.25) is 0 Å². The Morgan fingerprint density at radius 1 is 1.32 bits per heavy atom. The van der Waals surface area contributed by atoms with Crippen LogP contribution in [-0.4, -0.2) is 61.7 Å². The van der Waals surface area contributed by atoms with Crippen molar-refractivity contribution >= 4 is 11.9 Å². The van der Waals surface area contributed by atoms with Gasteiger partial charge in [-0.05, 0) is 51.0 Å². The Balaban J connectivity index is 1.72. The molecule has 2 fully saturated rings. The molecule has 0 saturated carbocycles. The highest BCUT2D eigenvalue weighted by Crippen LogP contribution is 2.26. The molecule has 1 amide bonds. The lowest BCUT2D eigenvalue weighted by Crippen LogP contribution is -2.54. The molecule has 2 heterocycles. The average molecular weight is 430 g/mol. The summed E-state index contributed by atoms with van der Waals surface area (Å²) in [4.78, 5) is 18.8. The quantitative estimate of drug-likeness (QED) is 0.436. The van der Waals surface area contributed by atoms with E-state index in [9.17, 15) is 4.79 Å². The van der Waals surface area contributed by atoms with Crippen LogP contribution >= 0.6 is 0 Å². The summed E-state index contributed by atoms with van der Waals surface area (Å²) in [5, 5.41) is 7.36. The molecule has 0 aliphatic carbocycles. The van der Waals surface area contributed by atoms with Gasteiger partial charge in [0.05, 0.1) is 6.54 Å². The second-order valence-corrected chi connectivity index (χ2v) is 8.96. The van der Waals surface area contributed by atoms with Crippen molar-refractivity contribution in [3.63, 3.8) is 0 Å². The number of carbonyl (C=O) groups excluding carboxylic acids is 1. The maximum Gasteiger partial charge on any atom is 0.217 e. The number of guanidine groups is 1. The van der Waals surface area contributed by atoms with Gasteiger partial charge in [-0.15, -0.1) is 0 Å². The molecule has 0 radical (unpaired) electrons. The fourth-order valence-corrected chi connectivity index (χ4v) is 4.76. The van der Waals surface area contributed by atoms with Crippen molar-refractivity contribution in [1.29, 1.82) is 0 Å². The highest BCUT2D eigenvalue weighted by molar-refractivity contribution is 5.80. The number of primary amides is 1. The fourth-order valence-electron chi connectivity index (χ4n) is 4.76. The Morgan fingerprint density at radius 3 is 2.74 bits per heavy atom. The van der Waals surface area contributed by atoms with E-state index in [0.717, 1.165) is 64.5 Å². The summed E-state index contributed by atoms with van der Waals surface area (Å²) in [6.07, 6.45) is 4.45. The van der Waals surface area contributed by atoms with E-state index in [-0.39, 0.29) is 17.5 Å². The third-order valence-corrected chi connectivity index (χ3v) is 6.45. The van der Waals surface area contributed by atoms with E-state index in [2.05, 4.69) is 59.7 Å². The number of nitrogens with zero attached hydrogens (tertiary/aromatic N) is 2. The van der Waals surface area contributed by atoms with Crippen molar-refractivity contribution in [2.45, 2.75) is 57.5 Å². The first-order valence-corrected chi connectivity index (χ1v) is 11.7. The summed E-state index contributed by atoms with van der Waals surface area (Å²) >= 11 is 0. The van der Waals surface area contributed by atoms with Gasteiger partial charge in [0.2, 0.25) is 5.91 Å². The largest absolute Gasteiger partial charge is 0.381 e. The Morgan fingerprint density at radius 2 is 2.06 bits per heavy atom. The molecule has 4 N–H and O–H groups in total. The molecule has 3 rings (SSSR count). The molecule has 31 heavy (non-hydrogen) atoms. The molecule has 0 spiro atoms. The van der Waals surface area contributed by atoms with Crippen LogP contribution < -0.4 is 16.4 Å². The lowest BCUT2D eigenvalue weighted by Gasteiger charge is -2.40. The van der Waals surface area contributed by atoms with Gasteiger partial charge in [-0.2, -0.15) is 0 Å². The van der Waals surface area contributed by atoms with Crippen LogP contribution in [0.15, 0.2) is 35.3 Å². The Labute approximate surface area is 186 Å². The van der Waals surface area contributed by atoms with Gasteiger partial charge in [0, 0.05) is 50.8 Å². The minimum absolute atomic E-state index is 0.0867. The molecule has 172 valence electrons. The first kappa shape index (κ1) is 23.5. The van der Waals surface area contributed by atoms with Gasteiger partial charge < -0.3 is 26.0 Å². The van der Waals surface area contributed by atoms with E-state index in [4.69, 9.17) is 15.5 Å². The molecule has 0 bridgehead atoms. The van der Waals surface area contributed by atoms with Crippen molar-refractivity contribution in [2.24, 2.45) is 16.6 Å². The third-order valence-electron chi connectivity index (χ3n) is 6.45. The van der Waals surface area contributed by atoms with E-state index in [1.165, 1.54) is 5.56 Å². The number of aliphatic imine (C=N–C) groups is 1. The number of benzene rings is 1. The average Bonchev–Trinajstić information content (AvgIpc) is 2.77. The smallest absolute Gasteiger partial charge is 0.217 e. The van der Waals surface area contributed by atoms with Gasteiger partial charge in [0.1, 0.15) is 0 Å². The second-order valence-electron chi connectivity index (χ2n) is 8.96. The topological polar surface area (TPSA) is 92.0 Å². The standard InChI is InChI=1S/C24H39N5O2/c1-3-26-23(29-13-7-8-20(17-29)16-22(25)30)27-18-24(11-14-31-15-12-24)28-19(2)21-9-5-4-6-10-21/h4-6,9-10,19-20,28H,3,7-8,11-18H2,1-2H3,(H2,25,30)(H,26,27). The summed E-state index contributed by atoms with van der Waals surface area (Å²) in [5.41, 5.74) is 6.65. The van der Waals surface area contributed by atoms with E-state index in [1.807, 2.05) is 0 Å². The fraction of sp³-hybridized carbons (Fsp3) is 0.667. The van der Waals surface area contributed by atoms with E-state index >= 15 is 0 Å². The van der Waals surface area contributed by atoms with Crippen LogP contribution in [0.3, 0.4) is 0 Å². The number of nitrogens with two attached hydrogens (primary N) is 1. The van der Waals surface area contributed by atoms with Crippen LogP contribution in [0.4, 0.5) is 0 Å². The molecule has 1 aromatic carbocycles. The van der Waals surface area contributed by atoms with Gasteiger partial charge in [-0.3, -0.25) is 9.79 Å². The molecule has 2 saturated heterocycles. The van der Waals surface area contributed by atoms with Crippen molar-refractivity contribution in [2.75, 3.05) is 39.4 Å². The van der Waals surface area contributed by atoms with Gasteiger partial charge in [0.15, 0.2) is 5.96 Å². The minimum atomic E-state index is -0.214. The van der Waals surface area contributed by atoms with E-state index in [1.54, 1.807) is 0 Å². The lowest BCUT2D eigenvalue weighted by molar-refractivity contribution is -0.119. The summed E-state index contributed by atoms with van der Waals surface area (Å²) in [7, 11) is 0. The number of nitrogens with one attached hydrogen (secondary N) is 2. The number of carbonyl (C=O) groups is 1. The summed E-state index contributed by atoms with van der Waals surface area (Å²) in [5.74, 6) is 1.04. The first-order chi connectivity index (χ1) is 15.0. The predicted molar refractivity (Wildman–Crippen MR) is 125 cm³/mol. The van der Waals surface area contributed by atoms with Crippen molar-refractivity contribution in [3.05, 3.63) is 35.9 Å². The van der Waals surface area contributed by atoms with Gasteiger partial charge in [-0.25, -0.2) is 0 Å². The number of piperidine rings is 1. The maximum absolute atomic E-state index is 11.4. The highest BCUT2D eigenvalue weighted by Gasteiger charge is 2.34. The lowest BCUT2D eigenvalue weighted by atomic mass is 9.88. The number of ether oxygens (including phenoxy) is 1. The number of hydrogen-bond donors (Lipinski definition) is 3. The van der Waals surface area contributed by atoms with Gasteiger partial charge in [-0.1, -0.05) is 30.3 Å². The zero-order valence-electron chi connectivity index (χ0n) is 19.1. The number of amides is 1. The SMILES string of the molecule is CCNC(=NCC1(NC(C)c2ccccc2)CCOCC1)N1CCCC(CC(N)=O)C1. The second kappa shape index (κ2) is 11.5. The molecule has 1 aromatic rings. The Bertz CT molecular complexity index is 718. The number of hydrogen-bond acceptors (Lipinski definition) is 4. The summed E-state index contributed by atoms with van der Waals surface area (Å²) in [6, 6.07) is 10.8. The predicted octanol–water partition coefficient (Wildman–Crippen LogP) is 2.44. The zero-order valence-corrected chi connectivity index (χ0v) is 19.1. The van der Waals surface area contributed by atoms with Gasteiger partial charge in [0.25, 0.3) is 0 Å². The molecule has 0 aromatic heterocycles. The Hall–Kier alpha value is -2.12. The summed E-state index contributed by atoms with van der Waals surface area (Å²) < 4.78 is 5.68. The molecular weight excluding hydrogens is 390 g/mol. The van der Waals surface area contributed by atoms with Gasteiger partial charge >= 0.3 is 0 Å². The van der Waals surface area contributed by atoms with Crippen molar-refractivity contribution < 1.29 is 9.53 Å². The molecule has 2 unspecified atom stereocenters. The van der Waals surface area contributed by atoms with Crippen molar-refractivity contribution in [1.82, 2.24) is 15.5 Å². The first-order valence-electron chi connectivity index (χ1n) is 11.7. The van der Waals surface area contributed by atoms with Crippen LogP contribution in [0, 0.1) is 5.92 Å². The van der Waals surface area contributed by atoms with Crippen LogP contribution in [0.25, 0.3) is 0 Å². The molecule has 2 aliphatic rings. The normalized spacial score (nSPS) is 22.7. The van der Waals surface area contributed by atoms with Crippen LogP contribution in [0.1, 0.15) is 57.6 Å². The highest BCUT2D eigenvalue weighted by atomic mass is 16.5. The molecule has 7 nitrogen and oxygen atoms in total. The van der Waals surface area contributed by atoms with Crippen LogP contribution in [-0.2, 0) is 9.53 Å². The molecule has 2 aliphatic heterocycles. The Kier molecular flexibility index (Phi) is 8.72. The number of likely N-dealkylation sites (tertiary alicyclic amines) is 1. The van der Waals surface area contributed by atoms with E-state index < -0.39 is 0 Å². The number of rotatable bonds is 8. The zero-order chi connectivity index (χ0) is 22.1. The molecule has 7 heteroatoms. The minimum Gasteiger partial charge on any atom is -0.381 e.